The zero-order valence-corrected chi connectivity index (χ0v) is 14.6. The van der Waals surface area contributed by atoms with Gasteiger partial charge in [0.15, 0.2) is 10.8 Å². The van der Waals surface area contributed by atoms with E-state index in [1.807, 2.05) is 6.92 Å². The number of thiophene rings is 1. The van der Waals surface area contributed by atoms with Gasteiger partial charge in [-0.2, -0.15) is 13.2 Å². The molecule has 0 aromatic carbocycles. The molecule has 0 unspecified atom stereocenters. The van der Waals surface area contributed by atoms with Crippen molar-refractivity contribution < 1.29 is 21.6 Å². The highest BCUT2D eigenvalue weighted by Crippen LogP contribution is 2.31. The van der Waals surface area contributed by atoms with Crippen LogP contribution in [0.1, 0.15) is 15.4 Å². The highest BCUT2D eigenvalue weighted by atomic mass is 32.2. The van der Waals surface area contributed by atoms with Gasteiger partial charge in [-0.3, -0.25) is 0 Å². The molecule has 128 valence electrons. The topological polar surface area (TPSA) is 71.1 Å². The van der Waals surface area contributed by atoms with E-state index in [9.17, 15) is 21.6 Å². The molecule has 5 nitrogen and oxygen atoms in total. The van der Waals surface area contributed by atoms with E-state index in [2.05, 4.69) is 15.0 Å². The van der Waals surface area contributed by atoms with Crippen LogP contribution in [0.5, 0.6) is 0 Å². The number of aromatic nitrogens is 1. The number of hydrogen-bond acceptors (Lipinski definition) is 6. The van der Waals surface area contributed by atoms with Gasteiger partial charge in [0, 0.05) is 28.2 Å². The molecule has 2 aromatic heterocycles. The number of thiazole rings is 1. The van der Waals surface area contributed by atoms with Crippen molar-refractivity contribution in [3.05, 3.63) is 26.9 Å². The summed E-state index contributed by atoms with van der Waals surface area (Å²) in [6.45, 7) is 3.71. The molecule has 0 spiro atoms. The van der Waals surface area contributed by atoms with Gasteiger partial charge in [0.1, 0.15) is 0 Å². The first-order valence-corrected chi connectivity index (χ1v) is 9.61. The maximum Gasteiger partial charge on any atom is 0.434 e. The van der Waals surface area contributed by atoms with Crippen LogP contribution < -0.4 is 10.0 Å². The van der Waals surface area contributed by atoms with Crippen LogP contribution in [-0.2, 0) is 16.2 Å². The zero-order valence-electron chi connectivity index (χ0n) is 12.2. The molecule has 0 saturated carbocycles. The van der Waals surface area contributed by atoms with Crippen molar-refractivity contribution in [1.29, 1.82) is 0 Å². The number of rotatable bonds is 6. The Hall–Kier alpha value is -1.17. The van der Waals surface area contributed by atoms with Crippen molar-refractivity contribution in [3.8, 4) is 0 Å². The highest BCUT2D eigenvalue weighted by Gasteiger charge is 2.33. The molecule has 11 heteroatoms. The summed E-state index contributed by atoms with van der Waals surface area (Å²) in [5.41, 5.74) is -0.963. The monoisotopic (exact) mass is 385 g/mol. The minimum atomic E-state index is -4.48. The van der Waals surface area contributed by atoms with Crippen molar-refractivity contribution in [2.45, 2.75) is 24.9 Å². The summed E-state index contributed by atoms with van der Waals surface area (Å²) in [6.07, 6.45) is -4.48. The number of nitrogens with zero attached hydrogens (tertiary/aromatic N) is 1. The molecule has 0 bridgehead atoms. The molecule has 0 fully saturated rings. The molecule has 2 rings (SSSR count). The Morgan fingerprint density at radius 3 is 2.48 bits per heavy atom. The Kier molecular flexibility index (Phi) is 5.33. The summed E-state index contributed by atoms with van der Waals surface area (Å²) in [7, 11) is -3.62. The lowest BCUT2D eigenvalue weighted by molar-refractivity contribution is -0.140. The molecule has 0 saturated heterocycles. The van der Waals surface area contributed by atoms with E-state index in [0.717, 1.165) is 21.6 Å². The first kappa shape index (κ1) is 18.2. The SMILES string of the molecule is Cc1cc(S(=O)(=O)NCCNc2nc(C(F)(F)F)cs2)c(C)s1. The fourth-order valence-electron chi connectivity index (χ4n) is 1.79. The van der Waals surface area contributed by atoms with Crippen molar-refractivity contribution in [2.24, 2.45) is 0 Å². The molecule has 0 aliphatic rings. The minimum absolute atomic E-state index is 0.0393. The average molecular weight is 385 g/mol. The summed E-state index contributed by atoms with van der Waals surface area (Å²) in [6, 6.07) is 1.59. The normalized spacial score (nSPS) is 12.6. The van der Waals surface area contributed by atoms with E-state index in [1.165, 1.54) is 11.3 Å². The van der Waals surface area contributed by atoms with Crippen LogP contribution in [0.3, 0.4) is 0 Å². The predicted octanol–water partition coefficient (Wildman–Crippen LogP) is 3.23. The van der Waals surface area contributed by atoms with Gasteiger partial charge in [0.2, 0.25) is 10.0 Å². The van der Waals surface area contributed by atoms with Crippen LogP contribution in [0.15, 0.2) is 16.3 Å². The third-order valence-corrected chi connectivity index (χ3v) is 6.26. The third-order valence-electron chi connectivity index (χ3n) is 2.77. The van der Waals surface area contributed by atoms with E-state index in [-0.39, 0.29) is 23.1 Å². The summed E-state index contributed by atoms with van der Waals surface area (Å²) < 4.78 is 63.8. The van der Waals surface area contributed by atoms with Crippen LogP contribution in [-0.4, -0.2) is 26.5 Å². The average Bonchev–Trinajstić information content (AvgIpc) is 3.01. The fourth-order valence-corrected chi connectivity index (χ4v) is 5.12. The lowest BCUT2D eigenvalue weighted by Gasteiger charge is -2.07. The first-order valence-electron chi connectivity index (χ1n) is 6.43. The predicted molar refractivity (Wildman–Crippen MR) is 84.6 cm³/mol. The molecule has 0 aliphatic carbocycles. The number of aryl methyl sites for hydroxylation is 2. The highest BCUT2D eigenvalue weighted by molar-refractivity contribution is 7.89. The standard InChI is InChI=1S/C12H14F3N3O2S3/c1-7-5-9(8(2)22-7)23(19,20)17-4-3-16-11-18-10(6-21-11)12(13,14)15/h5-6,17H,3-4H2,1-2H3,(H,16,18). The van der Waals surface area contributed by atoms with E-state index < -0.39 is 21.9 Å². The molecule has 0 aliphatic heterocycles. The summed E-state index contributed by atoms with van der Waals surface area (Å²) in [5, 5.41) is 3.67. The lowest BCUT2D eigenvalue weighted by atomic mass is 10.4. The fraction of sp³-hybridized carbons (Fsp3) is 0.417. The molecule has 2 aromatic rings. The van der Waals surface area contributed by atoms with Gasteiger partial charge in [-0.1, -0.05) is 0 Å². The number of hydrogen-bond donors (Lipinski definition) is 2. The zero-order chi connectivity index (χ0) is 17.3. The second-order valence-corrected chi connectivity index (χ2v) is 8.69. The summed E-state index contributed by atoms with van der Waals surface area (Å²) in [4.78, 5) is 5.21. The Morgan fingerprint density at radius 2 is 1.96 bits per heavy atom. The Labute approximate surface area is 139 Å². The number of halogens is 3. The second kappa shape index (κ2) is 6.75. The van der Waals surface area contributed by atoms with Crippen LogP contribution >= 0.6 is 22.7 Å². The van der Waals surface area contributed by atoms with Crippen LogP contribution in [0, 0.1) is 13.8 Å². The quantitative estimate of drug-likeness (QED) is 0.749. The van der Waals surface area contributed by atoms with Crippen molar-refractivity contribution >= 4 is 37.8 Å². The number of nitrogens with one attached hydrogen (secondary N) is 2. The smallest absolute Gasteiger partial charge is 0.360 e. The van der Waals surface area contributed by atoms with E-state index in [0.29, 0.717) is 4.88 Å². The molecular weight excluding hydrogens is 371 g/mol. The van der Waals surface area contributed by atoms with E-state index in [1.54, 1.807) is 13.0 Å². The van der Waals surface area contributed by atoms with Crippen molar-refractivity contribution in [1.82, 2.24) is 9.71 Å². The van der Waals surface area contributed by atoms with Gasteiger partial charge >= 0.3 is 6.18 Å². The van der Waals surface area contributed by atoms with Gasteiger partial charge in [0.25, 0.3) is 0 Å². The summed E-state index contributed by atoms with van der Waals surface area (Å²) in [5.74, 6) is 0. The van der Waals surface area contributed by atoms with Gasteiger partial charge in [-0.25, -0.2) is 18.1 Å². The third kappa shape index (κ3) is 4.66. The maximum absolute atomic E-state index is 12.4. The van der Waals surface area contributed by atoms with Crippen molar-refractivity contribution in [3.63, 3.8) is 0 Å². The van der Waals surface area contributed by atoms with Gasteiger partial charge in [-0.05, 0) is 19.9 Å². The Morgan fingerprint density at radius 1 is 1.26 bits per heavy atom. The van der Waals surface area contributed by atoms with Gasteiger partial charge in [-0.15, -0.1) is 22.7 Å². The van der Waals surface area contributed by atoms with Crippen LogP contribution in [0.25, 0.3) is 0 Å². The molecule has 0 atom stereocenters. The van der Waals surface area contributed by atoms with Gasteiger partial charge < -0.3 is 5.32 Å². The molecule has 23 heavy (non-hydrogen) atoms. The van der Waals surface area contributed by atoms with E-state index >= 15 is 0 Å². The Bertz CT molecular complexity index is 781. The second-order valence-electron chi connectivity index (χ2n) is 4.64. The summed E-state index contributed by atoms with van der Waals surface area (Å²) >= 11 is 2.21. The lowest BCUT2D eigenvalue weighted by Crippen LogP contribution is -2.29. The van der Waals surface area contributed by atoms with Crippen molar-refractivity contribution in [2.75, 3.05) is 18.4 Å². The Balaban J connectivity index is 1.88. The number of anilines is 1. The molecule has 2 N–H and O–H groups in total. The molecule has 2 heterocycles. The largest absolute Gasteiger partial charge is 0.434 e. The number of sulfonamides is 1. The number of alkyl halides is 3. The maximum atomic E-state index is 12.4. The molecule has 0 radical (unpaired) electrons. The minimum Gasteiger partial charge on any atom is -0.360 e. The van der Waals surface area contributed by atoms with Crippen LogP contribution in [0.2, 0.25) is 0 Å². The first-order chi connectivity index (χ1) is 10.6. The van der Waals surface area contributed by atoms with E-state index in [4.69, 9.17) is 0 Å². The molecular formula is C12H14F3N3O2S3. The van der Waals surface area contributed by atoms with Crippen LogP contribution in [0.4, 0.5) is 18.3 Å². The molecule has 0 amide bonds. The van der Waals surface area contributed by atoms with Gasteiger partial charge in [0.05, 0.1) is 4.90 Å².